The zero-order valence-electron chi connectivity index (χ0n) is 14.3. The van der Waals surface area contributed by atoms with Crippen LogP contribution in [0.2, 0.25) is 0 Å². The molecule has 0 saturated carbocycles. The molecule has 1 aliphatic heterocycles. The lowest BCUT2D eigenvalue weighted by atomic mass is 10.2. The van der Waals surface area contributed by atoms with Gasteiger partial charge in [-0.1, -0.05) is 6.07 Å². The van der Waals surface area contributed by atoms with E-state index >= 15 is 0 Å². The van der Waals surface area contributed by atoms with E-state index in [0.717, 1.165) is 0 Å². The second-order valence-corrected chi connectivity index (χ2v) is 5.90. The maximum absolute atomic E-state index is 12.6. The van der Waals surface area contributed by atoms with Crippen LogP contribution in [0.4, 0.5) is 11.5 Å². The lowest BCUT2D eigenvalue weighted by molar-refractivity contribution is -0.130. The molecule has 0 aliphatic carbocycles. The molecule has 1 aliphatic rings. The highest BCUT2D eigenvalue weighted by Gasteiger charge is 2.24. The summed E-state index contributed by atoms with van der Waals surface area (Å²) < 4.78 is 0. The number of nitriles is 1. The van der Waals surface area contributed by atoms with Crippen molar-refractivity contribution in [2.45, 2.75) is 6.92 Å². The number of hydrogen-bond donors (Lipinski definition) is 1. The van der Waals surface area contributed by atoms with Crippen molar-refractivity contribution in [2.24, 2.45) is 0 Å². The van der Waals surface area contributed by atoms with Crippen LogP contribution in [0.1, 0.15) is 23.0 Å². The summed E-state index contributed by atoms with van der Waals surface area (Å²) in [6.45, 7) is 3.54. The average molecular weight is 350 g/mol. The topological polar surface area (TPSA) is 102 Å². The first-order valence-electron chi connectivity index (χ1n) is 8.21. The van der Waals surface area contributed by atoms with Gasteiger partial charge in [0.15, 0.2) is 0 Å². The molecule has 8 heteroatoms. The van der Waals surface area contributed by atoms with Gasteiger partial charge in [-0.05, 0) is 18.2 Å². The Balaban J connectivity index is 1.70. The van der Waals surface area contributed by atoms with Gasteiger partial charge in [0.25, 0.3) is 5.91 Å². The first kappa shape index (κ1) is 17.4. The summed E-state index contributed by atoms with van der Waals surface area (Å²) in [5.41, 5.74) is 1.52. The predicted octanol–water partition coefficient (Wildman–Crippen LogP) is 1.40. The lowest BCUT2D eigenvalue weighted by Crippen LogP contribution is -2.50. The monoisotopic (exact) mass is 350 g/mol. The Bertz CT molecular complexity index is 868. The van der Waals surface area contributed by atoms with Crippen molar-refractivity contribution in [1.29, 1.82) is 5.26 Å². The van der Waals surface area contributed by atoms with Crippen molar-refractivity contribution in [2.75, 3.05) is 31.5 Å². The van der Waals surface area contributed by atoms with E-state index in [0.29, 0.717) is 43.2 Å². The molecule has 0 bridgehead atoms. The van der Waals surface area contributed by atoms with Crippen LogP contribution in [-0.4, -0.2) is 57.8 Å². The summed E-state index contributed by atoms with van der Waals surface area (Å²) in [4.78, 5) is 35.6. The molecular formula is C18H18N6O2. The van der Waals surface area contributed by atoms with E-state index in [1.165, 1.54) is 13.3 Å². The van der Waals surface area contributed by atoms with E-state index in [1.807, 2.05) is 6.07 Å². The fraction of sp³-hybridized carbons (Fsp3) is 0.278. The molecule has 1 fully saturated rings. The highest BCUT2D eigenvalue weighted by molar-refractivity contribution is 5.93. The zero-order chi connectivity index (χ0) is 18.5. The molecule has 132 valence electrons. The number of piperazine rings is 1. The van der Waals surface area contributed by atoms with Gasteiger partial charge in [-0.2, -0.15) is 5.26 Å². The molecule has 0 atom stereocenters. The van der Waals surface area contributed by atoms with Crippen LogP contribution in [-0.2, 0) is 4.79 Å². The number of rotatable bonds is 3. The minimum atomic E-state index is -0.190. The van der Waals surface area contributed by atoms with Crippen LogP contribution in [0, 0.1) is 11.3 Å². The smallest absolute Gasteiger partial charge is 0.272 e. The van der Waals surface area contributed by atoms with Crippen molar-refractivity contribution >= 4 is 23.3 Å². The van der Waals surface area contributed by atoms with E-state index in [2.05, 4.69) is 21.4 Å². The van der Waals surface area contributed by atoms with Crippen molar-refractivity contribution in [1.82, 2.24) is 19.8 Å². The van der Waals surface area contributed by atoms with Gasteiger partial charge in [0.1, 0.15) is 17.8 Å². The number of amides is 2. The van der Waals surface area contributed by atoms with E-state index < -0.39 is 0 Å². The molecule has 26 heavy (non-hydrogen) atoms. The minimum Gasteiger partial charge on any atom is -0.340 e. The van der Waals surface area contributed by atoms with Gasteiger partial charge in [-0.3, -0.25) is 9.59 Å². The summed E-state index contributed by atoms with van der Waals surface area (Å²) in [5.74, 6) is 0.301. The van der Waals surface area contributed by atoms with E-state index in [-0.39, 0.29) is 17.5 Å². The van der Waals surface area contributed by atoms with Gasteiger partial charge < -0.3 is 15.1 Å². The molecule has 0 unspecified atom stereocenters. The van der Waals surface area contributed by atoms with Gasteiger partial charge in [-0.25, -0.2) is 9.97 Å². The molecule has 3 rings (SSSR count). The number of nitrogens with one attached hydrogen (secondary N) is 1. The Morgan fingerprint density at radius 1 is 1.12 bits per heavy atom. The third kappa shape index (κ3) is 3.95. The average Bonchev–Trinajstić information content (AvgIpc) is 2.68. The maximum Gasteiger partial charge on any atom is 0.272 e. The largest absolute Gasteiger partial charge is 0.340 e. The molecule has 2 aromatic rings. The van der Waals surface area contributed by atoms with Crippen LogP contribution >= 0.6 is 0 Å². The lowest BCUT2D eigenvalue weighted by Gasteiger charge is -2.34. The number of carbonyl (C=O) groups is 2. The van der Waals surface area contributed by atoms with Gasteiger partial charge in [0.05, 0.1) is 11.6 Å². The van der Waals surface area contributed by atoms with Crippen molar-refractivity contribution in [3.63, 3.8) is 0 Å². The number of benzene rings is 1. The minimum absolute atomic E-state index is 0.0187. The van der Waals surface area contributed by atoms with Gasteiger partial charge >= 0.3 is 0 Å². The number of anilines is 2. The Labute approximate surface area is 151 Å². The normalized spacial score (nSPS) is 13.8. The molecule has 0 radical (unpaired) electrons. The molecule has 2 amide bonds. The molecule has 8 nitrogen and oxygen atoms in total. The Hall–Kier alpha value is -3.47. The highest BCUT2D eigenvalue weighted by atomic mass is 16.2. The first-order valence-corrected chi connectivity index (χ1v) is 8.21. The molecule has 1 saturated heterocycles. The van der Waals surface area contributed by atoms with Crippen molar-refractivity contribution in [3.8, 4) is 6.07 Å². The third-order valence-corrected chi connectivity index (χ3v) is 4.16. The van der Waals surface area contributed by atoms with E-state index in [1.54, 1.807) is 34.1 Å². The van der Waals surface area contributed by atoms with Crippen molar-refractivity contribution < 1.29 is 9.59 Å². The van der Waals surface area contributed by atoms with Crippen LogP contribution in [0.25, 0.3) is 0 Å². The Morgan fingerprint density at radius 3 is 2.54 bits per heavy atom. The quantitative estimate of drug-likeness (QED) is 0.897. The SMILES string of the molecule is CC(=O)N1CCN(C(=O)c2cc(Nc3cccc(C#N)c3)ncn2)CC1. The highest BCUT2D eigenvalue weighted by Crippen LogP contribution is 2.17. The molecular weight excluding hydrogens is 332 g/mol. The third-order valence-electron chi connectivity index (χ3n) is 4.16. The van der Waals surface area contributed by atoms with Crippen LogP contribution in [0.5, 0.6) is 0 Å². The Morgan fingerprint density at radius 2 is 1.85 bits per heavy atom. The number of nitrogens with zero attached hydrogens (tertiary/aromatic N) is 5. The second kappa shape index (κ2) is 7.61. The van der Waals surface area contributed by atoms with Gasteiger partial charge in [-0.15, -0.1) is 0 Å². The predicted molar refractivity (Wildman–Crippen MR) is 94.6 cm³/mol. The molecule has 1 aromatic carbocycles. The standard InChI is InChI=1S/C18H18N6O2/c1-13(25)23-5-7-24(8-6-23)18(26)16-10-17(21-12-20-16)22-15-4-2-3-14(9-15)11-19/h2-4,9-10,12H,5-8H2,1H3,(H,20,21,22). The molecule has 2 heterocycles. The zero-order valence-corrected chi connectivity index (χ0v) is 14.3. The number of aromatic nitrogens is 2. The van der Waals surface area contributed by atoms with Gasteiger partial charge in [0, 0.05) is 44.9 Å². The summed E-state index contributed by atoms with van der Waals surface area (Å²) >= 11 is 0. The Kier molecular flexibility index (Phi) is 5.08. The number of hydrogen-bond acceptors (Lipinski definition) is 6. The van der Waals surface area contributed by atoms with E-state index in [9.17, 15) is 9.59 Å². The molecule has 0 spiro atoms. The first-order chi connectivity index (χ1) is 12.6. The second-order valence-electron chi connectivity index (χ2n) is 5.90. The van der Waals surface area contributed by atoms with Crippen LogP contribution in [0.3, 0.4) is 0 Å². The van der Waals surface area contributed by atoms with Crippen LogP contribution in [0.15, 0.2) is 36.7 Å². The molecule has 1 aromatic heterocycles. The van der Waals surface area contributed by atoms with Crippen LogP contribution < -0.4 is 5.32 Å². The van der Waals surface area contributed by atoms with Gasteiger partial charge in [0.2, 0.25) is 5.91 Å². The summed E-state index contributed by atoms with van der Waals surface area (Å²) in [5, 5.41) is 12.0. The van der Waals surface area contributed by atoms with Crippen molar-refractivity contribution in [3.05, 3.63) is 47.9 Å². The fourth-order valence-electron chi connectivity index (χ4n) is 2.74. The number of carbonyl (C=O) groups excluding carboxylic acids is 2. The van der Waals surface area contributed by atoms with E-state index in [4.69, 9.17) is 5.26 Å². The fourth-order valence-corrected chi connectivity index (χ4v) is 2.74. The molecule has 1 N–H and O–H groups in total. The summed E-state index contributed by atoms with van der Waals surface area (Å²) in [7, 11) is 0. The summed E-state index contributed by atoms with van der Waals surface area (Å²) in [6, 6.07) is 10.6. The maximum atomic E-state index is 12.6. The summed E-state index contributed by atoms with van der Waals surface area (Å²) in [6.07, 6.45) is 1.33.